The molecule has 0 heterocycles. The van der Waals surface area contributed by atoms with Gasteiger partial charge >= 0.3 is 5.97 Å². The molecule has 0 aromatic carbocycles. The summed E-state index contributed by atoms with van der Waals surface area (Å²) >= 11 is 0. The summed E-state index contributed by atoms with van der Waals surface area (Å²) in [6, 6.07) is -0.0563. The van der Waals surface area contributed by atoms with Gasteiger partial charge in [-0.15, -0.1) is 0 Å². The number of hydrogen-bond acceptors (Lipinski definition) is 4. The van der Waals surface area contributed by atoms with E-state index in [-0.39, 0.29) is 6.04 Å². The number of nitrogens with two attached hydrogens (primary N) is 1. The second-order valence-corrected chi connectivity index (χ2v) is 2.41. The van der Waals surface area contributed by atoms with Crippen LogP contribution in [0.2, 0.25) is 0 Å². The number of carbonyl (C=O) groups excluding carboxylic acids is 1. The number of rotatable bonds is 3. The monoisotopic (exact) mass is 170 g/mol. The van der Waals surface area contributed by atoms with Crippen LogP contribution < -0.4 is 5.73 Å². The summed E-state index contributed by atoms with van der Waals surface area (Å²) in [5.41, 5.74) is 5.73. The first-order valence-corrected chi connectivity index (χ1v) is 3.63. The minimum atomic E-state index is -0.427. The predicted octanol–water partition coefficient (Wildman–Crippen LogP) is 0.481. The van der Waals surface area contributed by atoms with Crippen LogP contribution in [0.15, 0.2) is 17.3 Å². The summed E-state index contributed by atoms with van der Waals surface area (Å²) in [5, 5.41) is 0. The van der Waals surface area contributed by atoms with Gasteiger partial charge in [0.05, 0.1) is 7.11 Å². The molecule has 4 nitrogen and oxygen atoms in total. The zero-order chi connectivity index (χ0) is 9.56. The highest BCUT2D eigenvalue weighted by atomic mass is 16.5. The van der Waals surface area contributed by atoms with Crippen molar-refractivity contribution in [1.82, 2.24) is 0 Å². The fraction of sp³-hybridized carbons (Fsp3) is 0.500. The molecule has 68 valence electrons. The maximum absolute atomic E-state index is 10.8. The fourth-order valence-electron chi connectivity index (χ4n) is 0.491. The number of hydrogen-bond donors (Lipinski definition) is 1. The summed E-state index contributed by atoms with van der Waals surface area (Å²) in [7, 11) is 1.32. The van der Waals surface area contributed by atoms with Gasteiger partial charge in [0.25, 0.3) is 0 Å². The lowest BCUT2D eigenvalue weighted by molar-refractivity contribution is -0.132. The molecule has 2 N–H and O–H groups in total. The van der Waals surface area contributed by atoms with Crippen LogP contribution in [-0.2, 0) is 9.53 Å². The molecule has 0 aliphatic heterocycles. The maximum Gasteiger partial charge on any atom is 0.352 e. The second-order valence-electron chi connectivity index (χ2n) is 2.41. The highest BCUT2D eigenvalue weighted by Gasteiger charge is 2.01. The number of carbonyl (C=O) groups is 1. The lowest BCUT2D eigenvalue weighted by atomic mass is 10.3. The summed E-state index contributed by atoms with van der Waals surface area (Å²) in [6.45, 7) is 3.40. The number of methoxy groups -OCH3 is 1. The van der Waals surface area contributed by atoms with Crippen molar-refractivity contribution in [3.63, 3.8) is 0 Å². The molecule has 12 heavy (non-hydrogen) atoms. The Bertz CT molecular complexity index is 207. The van der Waals surface area contributed by atoms with Crippen LogP contribution in [0.5, 0.6) is 0 Å². The molecule has 1 unspecified atom stereocenters. The van der Waals surface area contributed by atoms with Crippen LogP contribution >= 0.6 is 0 Å². The molecule has 0 bridgehead atoms. The van der Waals surface area contributed by atoms with E-state index in [1.54, 1.807) is 13.0 Å². The van der Waals surface area contributed by atoms with Crippen LogP contribution in [0.3, 0.4) is 0 Å². The number of ether oxygens (including phenoxy) is 1. The Morgan fingerprint density at radius 3 is 2.67 bits per heavy atom. The van der Waals surface area contributed by atoms with Crippen LogP contribution in [0.4, 0.5) is 0 Å². The molecule has 0 fully saturated rings. The van der Waals surface area contributed by atoms with Crippen molar-refractivity contribution in [2.24, 2.45) is 10.7 Å². The van der Waals surface area contributed by atoms with E-state index in [0.29, 0.717) is 5.71 Å². The van der Waals surface area contributed by atoms with Gasteiger partial charge in [-0.25, -0.2) is 4.79 Å². The lowest BCUT2D eigenvalue weighted by Gasteiger charge is -1.95. The van der Waals surface area contributed by atoms with Gasteiger partial charge in [-0.3, -0.25) is 4.99 Å². The molecular weight excluding hydrogens is 156 g/mol. The summed E-state index contributed by atoms with van der Waals surface area (Å²) in [4.78, 5) is 14.6. The Labute approximate surface area is 72.1 Å². The number of aliphatic imine (C=N–C) groups is 1. The minimum absolute atomic E-state index is 0.0563. The zero-order valence-corrected chi connectivity index (χ0v) is 7.57. The molecule has 0 radical (unpaired) electrons. The molecule has 0 saturated heterocycles. The van der Waals surface area contributed by atoms with Crippen molar-refractivity contribution in [3.05, 3.63) is 12.3 Å². The predicted molar refractivity (Wildman–Crippen MR) is 47.9 cm³/mol. The van der Waals surface area contributed by atoms with Crippen molar-refractivity contribution >= 4 is 11.7 Å². The third-order valence-corrected chi connectivity index (χ3v) is 1.14. The second kappa shape index (κ2) is 5.49. The first-order valence-electron chi connectivity index (χ1n) is 3.63. The standard InChI is InChI=1S/C8H14N2O2/c1-6(9)4-5-10-7(2)8(11)12-3/h4-6H,9H2,1-3H3/b5-4-,10-7+. The van der Waals surface area contributed by atoms with Crippen molar-refractivity contribution in [1.29, 1.82) is 0 Å². The zero-order valence-electron chi connectivity index (χ0n) is 7.57. The Balaban J connectivity index is 4.09. The average molecular weight is 170 g/mol. The molecule has 0 spiro atoms. The van der Waals surface area contributed by atoms with Crippen LogP contribution in [0.1, 0.15) is 13.8 Å². The summed E-state index contributed by atoms with van der Waals surface area (Å²) < 4.78 is 4.43. The normalized spacial score (nSPS) is 14.8. The lowest BCUT2D eigenvalue weighted by Crippen LogP contribution is -2.12. The third kappa shape index (κ3) is 4.62. The smallest absolute Gasteiger partial charge is 0.352 e. The van der Waals surface area contributed by atoms with E-state index in [1.165, 1.54) is 13.3 Å². The molecule has 1 atom stereocenters. The van der Waals surface area contributed by atoms with Crippen molar-refractivity contribution in [2.45, 2.75) is 19.9 Å². The average Bonchev–Trinajstić information content (AvgIpc) is 2.02. The van der Waals surface area contributed by atoms with E-state index >= 15 is 0 Å². The quantitative estimate of drug-likeness (QED) is 0.495. The van der Waals surface area contributed by atoms with Crippen LogP contribution in [0, 0.1) is 0 Å². The van der Waals surface area contributed by atoms with Gasteiger partial charge in [-0.2, -0.15) is 0 Å². The SMILES string of the molecule is COC(=O)/C(C)=N/C=C\C(C)N. The fourth-order valence-corrected chi connectivity index (χ4v) is 0.491. The first-order chi connectivity index (χ1) is 5.57. The Morgan fingerprint density at radius 2 is 2.25 bits per heavy atom. The van der Waals surface area contributed by atoms with E-state index in [9.17, 15) is 4.79 Å². The summed E-state index contributed by atoms with van der Waals surface area (Å²) in [5.74, 6) is -0.427. The highest BCUT2D eigenvalue weighted by molar-refractivity contribution is 6.35. The van der Waals surface area contributed by atoms with E-state index < -0.39 is 5.97 Å². The third-order valence-electron chi connectivity index (χ3n) is 1.14. The van der Waals surface area contributed by atoms with Gasteiger partial charge in [0, 0.05) is 12.2 Å². The van der Waals surface area contributed by atoms with Crippen molar-refractivity contribution in [2.75, 3.05) is 7.11 Å². The van der Waals surface area contributed by atoms with E-state index in [0.717, 1.165) is 0 Å². The number of nitrogens with zero attached hydrogens (tertiary/aromatic N) is 1. The van der Waals surface area contributed by atoms with E-state index in [1.807, 2.05) is 6.92 Å². The van der Waals surface area contributed by atoms with Crippen molar-refractivity contribution < 1.29 is 9.53 Å². The van der Waals surface area contributed by atoms with Crippen molar-refractivity contribution in [3.8, 4) is 0 Å². The van der Waals surface area contributed by atoms with Crippen LogP contribution in [0.25, 0.3) is 0 Å². The Hall–Kier alpha value is -1.16. The molecule has 4 heteroatoms. The summed E-state index contributed by atoms with van der Waals surface area (Å²) in [6.07, 6.45) is 3.18. The Kier molecular flexibility index (Phi) is 4.96. The van der Waals surface area contributed by atoms with Crippen LogP contribution in [-0.4, -0.2) is 24.8 Å². The Morgan fingerprint density at radius 1 is 1.67 bits per heavy atom. The van der Waals surface area contributed by atoms with Gasteiger partial charge in [-0.05, 0) is 19.9 Å². The maximum atomic E-state index is 10.8. The molecule has 0 aliphatic carbocycles. The van der Waals surface area contributed by atoms with Gasteiger partial charge in [0.1, 0.15) is 5.71 Å². The molecule has 0 amide bonds. The minimum Gasteiger partial charge on any atom is -0.465 e. The molecular formula is C8H14N2O2. The molecule has 0 saturated carbocycles. The van der Waals surface area contributed by atoms with Gasteiger partial charge in [0.15, 0.2) is 0 Å². The first kappa shape index (κ1) is 10.8. The van der Waals surface area contributed by atoms with Gasteiger partial charge < -0.3 is 10.5 Å². The number of esters is 1. The van der Waals surface area contributed by atoms with E-state index in [2.05, 4.69) is 9.73 Å². The molecule has 0 aromatic rings. The highest BCUT2D eigenvalue weighted by Crippen LogP contribution is 1.85. The molecule has 0 aliphatic rings. The topological polar surface area (TPSA) is 64.7 Å². The van der Waals surface area contributed by atoms with E-state index in [4.69, 9.17) is 5.73 Å². The molecule has 0 aromatic heterocycles. The van der Waals surface area contributed by atoms with Gasteiger partial charge in [-0.1, -0.05) is 0 Å². The largest absolute Gasteiger partial charge is 0.465 e. The molecule has 0 rings (SSSR count). The van der Waals surface area contributed by atoms with Gasteiger partial charge in [0.2, 0.25) is 0 Å².